The Morgan fingerprint density at radius 2 is 2.14 bits per heavy atom. The van der Waals surface area contributed by atoms with Crippen LogP contribution in [0, 0.1) is 11.8 Å². The minimum atomic E-state index is -0.165. The number of pyridine rings is 1. The minimum absolute atomic E-state index is 0.0698. The van der Waals surface area contributed by atoms with Crippen LogP contribution in [0.2, 0.25) is 0 Å². The molecule has 1 aliphatic carbocycles. The average Bonchev–Trinajstić information content (AvgIpc) is 3.39. The summed E-state index contributed by atoms with van der Waals surface area (Å²) in [4.78, 5) is 30.5. The molecule has 2 amide bonds. The summed E-state index contributed by atoms with van der Waals surface area (Å²) in [6, 6.07) is 1.71. The Bertz CT molecular complexity index is 572. The zero-order valence-corrected chi connectivity index (χ0v) is 12.7. The van der Waals surface area contributed by atoms with Crippen LogP contribution in [-0.2, 0) is 9.59 Å². The summed E-state index contributed by atoms with van der Waals surface area (Å²) in [6.07, 6.45) is 6.87. The molecule has 1 atom stereocenters. The molecule has 0 radical (unpaired) electrons. The quantitative estimate of drug-likeness (QED) is 0.918. The van der Waals surface area contributed by atoms with Gasteiger partial charge in [0.1, 0.15) is 11.4 Å². The van der Waals surface area contributed by atoms with Gasteiger partial charge in [-0.2, -0.15) is 0 Å². The molecule has 0 aromatic carbocycles. The number of anilines is 1. The maximum absolute atomic E-state index is 12.5. The van der Waals surface area contributed by atoms with E-state index in [1.165, 1.54) is 0 Å². The summed E-state index contributed by atoms with van der Waals surface area (Å²) in [6.45, 7) is 1.29. The molecule has 0 bridgehead atoms. The number of likely N-dealkylation sites (tertiary alicyclic amines) is 1. The van der Waals surface area contributed by atoms with E-state index >= 15 is 0 Å². The lowest BCUT2D eigenvalue weighted by molar-refractivity contribution is -0.135. The van der Waals surface area contributed by atoms with Crippen LogP contribution in [0.4, 0.5) is 5.69 Å². The van der Waals surface area contributed by atoms with Gasteiger partial charge in [0.15, 0.2) is 0 Å². The van der Waals surface area contributed by atoms with Gasteiger partial charge in [-0.25, -0.2) is 0 Å². The lowest BCUT2D eigenvalue weighted by Gasteiger charge is -2.32. The molecular formula is C16H21N3O3. The fourth-order valence-electron chi connectivity index (χ4n) is 2.87. The van der Waals surface area contributed by atoms with Gasteiger partial charge in [0, 0.05) is 31.3 Å². The highest BCUT2D eigenvalue weighted by molar-refractivity contribution is 5.94. The second-order valence-electron chi connectivity index (χ2n) is 5.96. The summed E-state index contributed by atoms with van der Waals surface area (Å²) in [5, 5.41) is 2.87. The van der Waals surface area contributed by atoms with Crippen molar-refractivity contribution in [1.82, 2.24) is 9.88 Å². The fourth-order valence-corrected chi connectivity index (χ4v) is 2.87. The van der Waals surface area contributed by atoms with E-state index in [1.54, 1.807) is 25.6 Å². The third-order valence-corrected chi connectivity index (χ3v) is 4.29. The van der Waals surface area contributed by atoms with E-state index in [1.807, 2.05) is 4.90 Å². The number of nitrogens with zero attached hydrogens (tertiary/aromatic N) is 2. The number of ether oxygens (including phenoxy) is 1. The molecule has 1 saturated heterocycles. The molecule has 6 nitrogen and oxygen atoms in total. The zero-order chi connectivity index (χ0) is 15.5. The molecule has 2 heterocycles. The summed E-state index contributed by atoms with van der Waals surface area (Å²) >= 11 is 0. The van der Waals surface area contributed by atoms with Gasteiger partial charge in [-0.3, -0.25) is 14.6 Å². The Balaban J connectivity index is 1.62. The van der Waals surface area contributed by atoms with E-state index in [0.29, 0.717) is 18.0 Å². The molecule has 22 heavy (non-hydrogen) atoms. The van der Waals surface area contributed by atoms with Crippen LogP contribution in [0.5, 0.6) is 5.75 Å². The first kappa shape index (κ1) is 14.8. The van der Waals surface area contributed by atoms with Crippen molar-refractivity contribution in [2.45, 2.75) is 25.7 Å². The lowest BCUT2D eigenvalue weighted by atomic mass is 9.96. The number of carbonyl (C=O) groups is 2. The van der Waals surface area contributed by atoms with Gasteiger partial charge in [0.25, 0.3) is 0 Å². The van der Waals surface area contributed by atoms with E-state index in [9.17, 15) is 9.59 Å². The molecule has 1 N–H and O–H groups in total. The third-order valence-electron chi connectivity index (χ3n) is 4.29. The van der Waals surface area contributed by atoms with Crippen molar-refractivity contribution in [2.75, 3.05) is 25.5 Å². The van der Waals surface area contributed by atoms with E-state index < -0.39 is 0 Å². The molecule has 3 rings (SSSR count). The molecule has 1 unspecified atom stereocenters. The van der Waals surface area contributed by atoms with Crippen molar-refractivity contribution in [3.05, 3.63) is 18.5 Å². The number of amides is 2. The van der Waals surface area contributed by atoms with Crippen molar-refractivity contribution < 1.29 is 14.3 Å². The van der Waals surface area contributed by atoms with Gasteiger partial charge < -0.3 is 15.0 Å². The van der Waals surface area contributed by atoms with Crippen LogP contribution < -0.4 is 10.1 Å². The van der Waals surface area contributed by atoms with Crippen LogP contribution >= 0.6 is 0 Å². The minimum Gasteiger partial charge on any atom is -0.494 e. The third kappa shape index (κ3) is 3.21. The number of hydrogen-bond acceptors (Lipinski definition) is 4. The van der Waals surface area contributed by atoms with E-state index in [2.05, 4.69) is 10.3 Å². The molecule has 0 spiro atoms. The molecule has 1 aromatic heterocycles. The number of carbonyl (C=O) groups excluding carboxylic acids is 2. The Morgan fingerprint density at radius 3 is 2.86 bits per heavy atom. The number of hydrogen-bond donors (Lipinski definition) is 1. The largest absolute Gasteiger partial charge is 0.494 e. The number of nitrogens with one attached hydrogen (secondary N) is 1. The first-order chi connectivity index (χ1) is 10.7. The fraction of sp³-hybridized carbons (Fsp3) is 0.562. The van der Waals surface area contributed by atoms with Crippen molar-refractivity contribution in [1.29, 1.82) is 0 Å². The number of aromatic nitrogens is 1. The maximum Gasteiger partial charge on any atom is 0.229 e. The second kappa shape index (κ2) is 6.34. The van der Waals surface area contributed by atoms with Crippen molar-refractivity contribution >= 4 is 17.5 Å². The molecular weight excluding hydrogens is 282 g/mol. The molecule has 2 aliphatic rings. The second-order valence-corrected chi connectivity index (χ2v) is 5.96. The van der Waals surface area contributed by atoms with Crippen molar-refractivity contribution in [3.63, 3.8) is 0 Å². The molecule has 1 aromatic rings. The number of piperidine rings is 1. The van der Waals surface area contributed by atoms with Gasteiger partial charge in [-0.05, 0) is 25.7 Å². The SMILES string of the molecule is COc1ccncc1NC(=O)C1CCCN(C(=O)C2CC2)C1. The molecule has 1 aliphatic heterocycles. The zero-order valence-electron chi connectivity index (χ0n) is 12.7. The molecule has 1 saturated carbocycles. The predicted molar refractivity (Wildman–Crippen MR) is 81.4 cm³/mol. The van der Waals surface area contributed by atoms with E-state index in [4.69, 9.17) is 4.74 Å². The van der Waals surface area contributed by atoms with Crippen molar-refractivity contribution in [2.24, 2.45) is 11.8 Å². The molecule has 6 heteroatoms. The average molecular weight is 303 g/mol. The molecule has 118 valence electrons. The van der Waals surface area contributed by atoms with E-state index in [-0.39, 0.29) is 23.7 Å². The monoisotopic (exact) mass is 303 g/mol. The lowest BCUT2D eigenvalue weighted by Crippen LogP contribution is -2.44. The van der Waals surface area contributed by atoms with Crippen LogP contribution in [-0.4, -0.2) is 41.9 Å². The van der Waals surface area contributed by atoms with Crippen LogP contribution in [0.25, 0.3) is 0 Å². The summed E-state index contributed by atoms with van der Waals surface area (Å²) in [5.74, 6) is 0.780. The van der Waals surface area contributed by atoms with Crippen LogP contribution in [0.1, 0.15) is 25.7 Å². The summed E-state index contributed by atoms with van der Waals surface area (Å²) in [5.41, 5.74) is 0.570. The van der Waals surface area contributed by atoms with Crippen molar-refractivity contribution in [3.8, 4) is 5.75 Å². The normalized spacial score (nSPS) is 21.3. The maximum atomic E-state index is 12.5. The first-order valence-electron chi connectivity index (χ1n) is 7.76. The van der Waals surface area contributed by atoms with Crippen LogP contribution in [0.15, 0.2) is 18.5 Å². The Kier molecular flexibility index (Phi) is 4.27. The topological polar surface area (TPSA) is 71.5 Å². The van der Waals surface area contributed by atoms with Gasteiger partial charge in [0.05, 0.1) is 19.2 Å². The Hall–Kier alpha value is -2.11. The van der Waals surface area contributed by atoms with Gasteiger partial charge >= 0.3 is 0 Å². The van der Waals surface area contributed by atoms with Gasteiger partial charge in [-0.15, -0.1) is 0 Å². The predicted octanol–water partition coefficient (Wildman–Crippen LogP) is 1.68. The Labute approximate surface area is 129 Å². The van der Waals surface area contributed by atoms with Gasteiger partial charge in [0.2, 0.25) is 11.8 Å². The Morgan fingerprint density at radius 1 is 1.32 bits per heavy atom. The highest BCUT2D eigenvalue weighted by Crippen LogP contribution is 2.33. The summed E-state index contributed by atoms with van der Waals surface area (Å²) < 4.78 is 5.21. The highest BCUT2D eigenvalue weighted by atomic mass is 16.5. The van der Waals surface area contributed by atoms with E-state index in [0.717, 1.165) is 32.2 Å². The number of methoxy groups -OCH3 is 1. The standard InChI is InChI=1S/C16H21N3O3/c1-22-14-6-7-17-9-13(14)18-15(20)12-3-2-8-19(10-12)16(21)11-4-5-11/h6-7,9,11-12H,2-5,8,10H2,1H3,(H,18,20). The highest BCUT2D eigenvalue weighted by Gasteiger charge is 2.36. The summed E-state index contributed by atoms with van der Waals surface area (Å²) in [7, 11) is 1.56. The van der Waals surface area contributed by atoms with Gasteiger partial charge in [-0.1, -0.05) is 0 Å². The molecule has 2 fully saturated rings. The first-order valence-corrected chi connectivity index (χ1v) is 7.76. The van der Waals surface area contributed by atoms with Crippen LogP contribution in [0.3, 0.4) is 0 Å². The smallest absolute Gasteiger partial charge is 0.229 e. The number of rotatable bonds is 4.